The molecule has 0 fully saturated rings. The Morgan fingerprint density at radius 1 is 1.18 bits per heavy atom. The van der Waals surface area contributed by atoms with Gasteiger partial charge in [-0.05, 0) is 13.3 Å². The lowest BCUT2D eigenvalue weighted by Crippen LogP contribution is -2.40. The van der Waals surface area contributed by atoms with Gasteiger partial charge >= 0.3 is 0 Å². The van der Waals surface area contributed by atoms with Crippen LogP contribution in [-0.2, 0) is 19.2 Å². The molecule has 5 heteroatoms. The van der Waals surface area contributed by atoms with E-state index in [1.165, 1.54) is 6.92 Å². The molecule has 0 aliphatic heterocycles. The Kier molecular flexibility index (Phi) is 7.84. The monoisotopic (exact) mass is 241 g/mol. The summed E-state index contributed by atoms with van der Waals surface area (Å²) in [6.07, 6.45) is 1.77. The highest BCUT2D eigenvalue weighted by Crippen LogP contribution is 2.02. The summed E-state index contributed by atoms with van der Waals surface area (Å²) in [5.74, 6) is -0.484. The molecular weight excluding hydrogens is 222 g/mol. The third kappa shape index (κ3) is 7.38. The Labute approximate surface area is 101 Å². The highest BCUT2D eigenvalue weighted by Gasteiger charge is 2.18. The van der Waals surface area contributed by atoms with E-state index in [1.807, 2.05) is 0 Å². The van der Waals surface area contributed by atoms with Gasteiger partial charge in [0.1, 0.15) is 12.1 Å². The van der Waals surface area contributed by atoms with E-state index < -0.39 is 6.04 Å². The molecule has 0 aromatic rings. The fourth-order valence-corrected chi connectivity index (χ4v) is 1.34. The maximum atomic E-state index is 11.7. The van der Waals surface area contributed by atoms with E-state index in [0.29, 0.717) is 12.7 Å². The fourth-order valence-electron chi connectivity index (χ4n) is 1.34. The largest absolute Gasteiger partial charge is 0.346 e. The molecule has 0 spiro atoms. The van der Waals surface area contributed by atoms with Crippen LogP contribution in [0.2, 0.25) is 0 Å². The van der Waals surface area contributed by atoms with Crippen LogP contribution in [0, 0.1) is 0 Å². The summed E-state index contributed by atoms with van der Waals surface area (Å²) in [4.78, 5) is 43.8. The van der Waals surface area contributed by atoms with Gasteiger partial charge in [0.25, 0.3) is 0 Å². The molecule has 0 saturated carbocycles. The first kappa shape index (κ1) is 15.5. The van der Waals surface area contributed by atoms with Gasteiger partial charge in [-0.2, -0.15) is 0 Å². The van der Waals surface area contributed by atoms with E-state index in [9.17, 15) is 19.2 Å². The summed E-state index contributed by atoms with van der Waals surface area (Å²) >= 11 is 0. The quantitative estimate of drug-likeness (QED) is 0.605. The molecule has 0 aromatic heterocycles. The van der Waals surface area contributed by atoms with Gasteiger partial charge in [0.05, 0.1) is 6.04 Å². The van der Waals surface area contributed by atoms with Crippen LogP contribution in [0.25, 0.3) is 0 Å². The third-order valence-electron chi connectivity index (χ3n) is 2.34. The Morgan fingerprint density at radius 3 is 2.29 bits per heavy atom. The van der Waals surface area contributed by atoms with E-state index in [2.05, 4.69) is 5.32 Å². The zero-order valence-corrected chi connectivity index (χ0v) is 10.3. The van der Waals surface area contributed by atoms with E-state index in [4.69, 9.17) is 0 Å². The zero-order chi connectivity index (χ0) is 13.3. The maximum Gasteiger partial charge on any atom is 0.221 e. The number of amides is 1. The topological polar surface area (TPSA) is 80.3 Å². The average Bonchev–Trinajstić information content (AvgIpc) is 2.30. The van der Waals surface area contributed by atoms with Crippen molar-refractivity contribution < 1.29 is 19.2 Å². The van der Waals surface area contributed by atoms with Crippen molar-refractivity contribution in [2.45, 2.75) is 52.0 Å². The minimum Gasteiger partial charge on any atom is -0.346 e. The van der Waals surface area contributed by atoms with Gasteiger partial charge in [0, 0.05) is 25.7 Å². The minimum atomic E-state index is -0.548. The number of nitrogens with one attached hydrogen (secondary N) is 1. The number of carbonyl (C=O) groups excluding carboxylic acids is 4. The van der Waals surface area contributed by atoms with Crippen molar-refractivity contribution in [3.63, 3.8) is 0 Å². The Morgan fingerprint density at radius 2 is 1.82 bits per heavy atom. The molecule has 96 valence electrons. The number of hydrogen-bond donors (Lipinski definition) is 1. The van der Waals surface area contributed by atoms with Crippen LogP contribution in [0.15, 0.2) is 0 Å². The van der Waals surface area contributed by atoms with Gasteiger partial charge in [-0.3, -0.25) is 9.59 Å². The molecule has 0 heterocycles. The molecular formula is C12H19NO4. The number of ketones is 2. The summed E-state index contributed by atoms with van der Waals surface area (Å²) in [5, 5.41) is 2.57. The maximum absolute atomic E-state index is 11.7. The lowest BCUT2D eigenvalue weighted by atomic mass is 10.0. The first-order chi connectivity index (χ1) is 8.01. The second kappa shape index (κ2) is 8.61. The first-order valence-electron chi connectivity index (χ1n) is 5.76. The second-order valence-corrected chi connectivity index (χ2v) is 3.90. The van der Waals surface area contributed by atoms with Crippen LogP contribution >= 0.6 is 0 Å². The predicted molar refractivity (Wildman–Crippen MR) is 62.4 cm³/mol. The van der Waals surface area contributed by atoms with Gasteiger partial charge in [-0.1, -0.05) is 6.92 Å². The molecule has 0 aliphatic carbocycles. The van der Waals surface area contributed by atoms with E-state index in [1.54, 1.807) is 6.92 Å². The van der Waals surface area contributed by atoms with Crippen LogP contribution in [0.5, 0.6) is 0 Å². The minimum absolute atomic E-state index is 0.0412. The number of rotatable bonds is 9. The van der Waals surface area contributed by atoms with Crippen LogP contribution in [-0.4, -0.2) is 29.8 Å². The van der Waals surface area contributed by atoms with Crippen molar-refractivity contribution in [2.75, 3.05) is 0 Å². The van der Waals surface area contributed by atoms with Crippen molar-refractivity contribution in [3.05, 3.63) is 0 Å². The molecule has 1 amide bonds. The van der Waals surface area contributed by atoms with Crippen molar-refractivity contribution in [1.82, 2.24) is 5.32 Å². The molecule has 0 rings (SSSR count). The lowest BCUT2D eigenvalue weighted by Gasteiger charge is -2.15. The first-order valence-corrected chi connectivity index (χ1v) is 5.76. The van der Waals surface area contributed by atoms with Crippen LogP contribution < -0.4 is 5.32 Å². The van der Waals surface area contributed by atoms with E-state index in [0.717, 1.165) is 0 Å². The fraction of sp³-hybridized carbons (Fsp3) is 0.667. The molecule has 1 atom stereocenters. The number of hydrogen-bond acceptors (Lipinski definition) is 4. The second-order valence-electron chi connectivity index (χ2n) is 3.90. The summed E-state index contributed by atoms with van der Waals surface area (Å²) in [5.41, 5.74) is 0. The van der Waals surface area contributed by atoms with Crippen LogP contribution in [0.3, 0.4) is 0 Å². The Balaban J connectivity index is 4.12. The molecule has 0 saturated heterocycles. The molecule has 0 aromatic carbocycles. The summed E-state index contributed by atoms with van der Waals surface area (Å²) in [6, 6.07) is -0.548. The molecule has 0 aliphatic rings. The SMILES string of the molecule is CC[C@H](NC(=O)CCC=O)C(=O)CCC(C)=O. The van der Waals surface area contributed by atoms with Gasteiger partial charge < -0.3 is 14.9 Å². The Hall–Kier alpha value is -1.52. The van der Waals surface area contributed by atoms with Crippen molar-refractivity contribution in [1.29, 1.82) is 0 Å². The standard InChI is InChI=1S/C12H19NO4/c1-3-10(11(16)7-6-9(2)15)13-12(17)5-4-8-14/h8,10H,3-7H2,1-2H3,(H,13,17)/t10-/m0/s1. The number of aldehydes is 1. The van der Waals surface area contributed by atoms with E-state index >= 15 is 0 Å². The van der Waals surface area contributed by atoms with Crippen molar-refractivity contribution >= 4 is 23.8 Å². The van der Waals surface area contributed by atoms with Gasteiger partial charge in [-0.15, -0.1) is 0 Å². The van der Waals surface area contributed by atoms with E-state index in [-0.39, 0.29) is 43.2 Å². The predicted octanol–water partition coefficient (Wildman–Crippen LogP) is 0.799. The number of carbonyl (C=O) groups is 4. The third-order valence-corrected chi connectivity index (χ3v) is 2.34. The summed E-state index contributed by atoms with van der Waals surface area (Å²) in [6.45, 7) is 3.22. The molecule has 1 N–H and O–H groups in total. The molecule has 17 heavy (non-hydrogen) atoms. The van der Waals surface area contributed by atoms with Crippen LogP contribution in [0.1, 0.15) is 46.0 Å². The summed E-state index contributed by atoms with van der Waals surface area (Å²) < 4.78 is 0. The van der Waals surface area contributed by atoms with Crippen molar-refractivity contribution in [3.8, 4) is 0 Å². The van der Waals surface area contributed by atoms with Gasteiger partial charge in [-0.25, -0.2) is 0 Å². The lowest BCUT2D eigenvalue weighted by molar-refractivity contribution is -0.129. The normalized spacial score (nSPS) is 11.6. The van der Waals surface area contributed by atoms with Gasteiger partial charge in [0.15, 0.2) is 5.78 Å². The van der Waals surface area contributed by atoms with Gasteiger partial charge in [0.2, 0.25) is 5.91 Å². The smallest absolute Gasteiger partial charge is 0.221 e. The molecule has 5 nitrogen and oxygen atoms in total. The average molecular weight is 241 g/mol. The zero-order valence-electron chi connectivity index (χ0n) is 10.3. The highest BCUT2D eigenvalue weighted by atomic mass is 16.2. The molecule has 0 radical (unpaired) electrons. The Bertz CT molecular complexity index is 299. The molecule has 0 unspecified atom stereocenters. The molecule has 0 bridgehead atoms. The van der Waals surface area contributed by atoms with Crippen molar-refractivity contribution in [2.24, 2.45) is 0 Å². The summed E-state index contributed by atoms with van der Waals surface area (Å²) in [7, 11) is 0. The highest BCUT2D eigenvalue weighted by molar-refractivity contribution is 5.91. The van der Waals surface area contributed by atoms with Crippen LogP contribution in [0.4, 0.5) is 0 Å². The number of Topliss-reactive ketones (excluding diaryl/α,β-unsaturated/α-hetero) is 2.